The fourth-order valence-corrected chi connectivity index (χ4v) is 9.76. The van der Waals surface area contributed by atoms with Crippen LogP contribution in [0.15, 0.2) is 28.6 Å². The van der Waals surface area contributed by atoms with E-state index >= 15 is 0 Å². The zero-order chi connectivity index (χ0) is 45.7. The summed E-state index contributed by atoms with van der Waals surface area (Å²) in [6.07, 6.45) is 43.6. The molecule has 0 spiro atoms. The van der Waals surface area contributed by atoms with Gasteiger partial charge in [-0.15, -0.1) is 0 Å². The standard InChI is InChI=1S/C53H98N4O4S/c1-9-11-13-15-17-19-21-23-25-27-29-31-33-35-37-39-41-46-45-54-55-56(42-40-38-36-34-32-30-28-26-24-22-20-18-16-14-12-10-2)51(46)57(62(59,60)61)47-43-48(52(3,4)5)50(58)49(44-47)53(6,7)8/h43-45,55,58H,9-42H2,1-8H3,(H,59,60,61). The number of benzene rings is 1. The molecule has 0 amide bonds. The van der Waals surface area contributed by atoms with Gasteiger partial charge in [-0.3, -0.25) is 9.56 Å². The lowest BCUT2D eigenvalue weighted by Crippen LogP contribution is -2.47. The fraction of sp³-hybridized carbons (Fsp3) is 0.830. The maximum atomic E-state index is 13.7. The minimum absolute atomic E-state index is 0.166. The van der Waals surface area contributed by atoms with Gasteiger partial charge >= 0.3 is 10.3 Å². The lowest BCUT2D eigenvalue weighted by atomic mass is 9.79. The second-order valence-corrected chi connectivity index (χ2v) is 22.1. The normalized spacial score (nSPS) is 13.7. The summed E-state index contributed by atoms with van der Waals surface area (Å²) in [5.74, 6) is 0.564. The molecule has 0 radical (unpaired) electrons. The molecule has 0 fully saturated rings. The molecule has 3 N–H and O–H groups in total. The number of unbranched alkanes of at least 4 members (excludes halogenated alkanes) is 30. The number of rotatable bonds is 37. The Bertz CT molecular complexity index is 1460. The van der Waals surface area contributed by atoms with Crippen LogP contribution in [0, 0.1) is 0 Å². The van der Waals surface area contributed by atoms with Gasteiger partial charge in [-0.05, 0) is 42.2 Å². The number of hydrogen-bond acceptors (Lipinski definition) is 6. The number of hydrogen-bond donors (Lipinski definition) is 3. The van der Waals surface area contributed by atoms with Crippen LogP contribution in [-0.4, -0.2) is 35.8 Å². The first-order valence-corrected chi connectivity index (χ1v) is 27.5. The average Bonchev–Trinajstić information content (AvgIpc) is 3.20. The van der Waals surface area contributed by atoms with Crippen LogP contribution in [0.1, 0.15) is 278 Å². The number of aromatic hydroxyl groups is 1. The quantitative estimate of drug-likeness (QED) is 0.0454. The molecule has 0 saturated carbocycles. The number of hydrazone groups is 1. The summed E-state index contributed by atoms with van der Waals surface area (Å²) in [7, 11) is -4.79. The van der Waals surface area contributed by atoms with Crippen molar-refractivity contribution in [2.45, 2.75) is 278 Å². The summed E-state index contributed by atoms with van der Waals surface area (Å²) in [5, 5.41) is 17.8. The molecule has 1 aromatic carbocycles. The molecule has 360 valence electrons. The van der Waals surface area contributed by atoms with Crippen LogP contribution in [0.4, 0.5) is 5.69 Å². The Hall–Kier alpha value is -2.26. The first-order chi connectivity index (χ1) is 29.6. The molecule has 1 aromatic rings. The van der Waals surface area contributed by atoms with E-state index in [9.17, 15) is 18.1 Å². The minimum Gasteiger partial charge on any atom is -0.507 e. The molecule has 1 heterocycles. The Morgan fingerprint density at radius 2 is 0.871 bits per heavy atom. The number of phenols is 1. The van der Waals surface area contributed by atoms with Crippen LogP contribution in [0.5, 0.6) is 5.75 Å². The van der Waals surface area contributed by atoms with Crippen LogP contribution < -0.4 is 9.84 Å². The number of phenolic OH excluding ortho intramolecular Hbond substituents is 1. The van der Waals surface area contributed by atoms with Gasteiger partial charge in [0, 0.05) is 23.2 Å². The Labute approximate surface area is 383 Å². The molecule has 9 heteroatoms. The first-order valence-electron chi connectivity index (χ1n) is 26.1. The van der Waals surface area contributed by atoms with E-state index in [-0.39, 0.29) is 5.75 Å². The lowest BCUT2D eigenvalue weighted by molar-refractivity contribution is 0.235. The zero-order valence-electron chi connectivity index (χ0n) is 41.7. The van der Waals surface area contributed by atoms with Crippen molar-refractivity contribution in [2.75, 3.05) is 10.8 Å². The number of nitrogens with one attached hydrogen (secondary N) is 1. The molecule has 0 atom stereocenters. The third-order valence-electron chi connectivity index (χ3n) is 12.8. The van der Waals surface area contributed by atoms with Crippen molar-refractivity contribution in [2.24, 2.45) is 5.10 Å². The van der Waals surface area contributed by atoms with Crippen LogP contribution >= 0.6 is 0 Å². The topological polar surface area (TPSA) is 105 Å². The minimum atomic E-state index is -4.79. The van der Waals surface area contributed by atoms with Gasteiger partial charge in [0.1, 0.15) is 11.6 Å². The summed E-state index contributed by atoms with van der Waals surface area (Å²) in [4.78, 5) is 0. The van der Waals surface area contributed by atoms with E-state index in [0.717, 1.165) is 48.4 Å². The maximum absolute atomic E-state index is 13.7. The van der Waals surface area contributed by atoms with E-state index in [0.29, 0.717) is 35.6 Å². The van der Waals surface area contributed by atoms with Crippen LogP contribution in [0.3, 0.4) is 0 Å². The molecule has 62 heavy (non-hydrogen) atoms. The van der Waals surface area contributed by atoms with Gasteiger partial charge in [-0.2, -0.15) is 17.8 Å². The number of anilines is 1. The predicted molar refractivity (Wildman–Crippen MR) is 269 cm³/mol. The van der Waals surface area contributed by atoms with Crippen LogP contribution in [-0.2, 0) is 21.1 Å². The average molecular weight is 887 g/mol. The van der Waals surface area contributed by atoms with E-state index in [4.69, 9.17) is 0 Å². The largest absolute Gasteiger partial charge is 0.507 e. The van der Waals surface area contributed by atoms with Gasteiger partial charge in [0.2, 0.25) is 0 Å². The molecule has 2 rings (SSSR count). The number of hydrazine groups is 1. The smallest absolute Gasteiger partial charge is 0.365 e. The Balaban J connectivity index is 2.06. The van der Waals surface area contributed by atoms with Gasteiger partial charge in [0.15, 0.2) is 0 Å². The fourth-order valence-electron chi connectivity index (χ4n) is 8.95. The number of allylic oxidation sites excluding steroid dienone is 1. The predicted octanol–water partition coefficient (Wildman–Crippen LogP) is 16.5. The third kappa shape index (κ3) is 23.1. The van der Waals surface area contributed by atoms with Gasteiger partial charge < -0.3 is 5.11 Å². The molecular formula is C53H98N4O4S. The molecule has 0 saturated heterocycles. The summed E-state index contributed by atoms with van der Waals surface area (Å²) in [6, 6.07) is 3.46. The van der Waals surface area contributed by atoms with E-state index < -0.39 is 21.1 Å². The van der Waals surface area contributed by atoms with Crippen molar-refractivity contribution in [1.29, 1.82) is 0 Å². The monoisotopic (exact) mass is 887 g/mol. The molecule has 1 aliphatic heterocycles. The van der Waals surface area contributed by atoms with Gasteiger partial charge in [-0.25, -0.2) is 5.53 Å². The Morgan fingerprint density at radius 1 is 0.548 bits per heavy atom. The molecular weight excluding hydrogens is 789 g/mol. The van der Waals surface area contributed by atoms with Crippen molar-refractivity contribution >= 4 is 22.2 Å². The highest BCUT2D eigenvalue weighted by Gasteiger charge is 2.35. The molecule has 0 unspecified atom stereocenters. The van der Waals surface area contributed by atoms with Crippen molar-refractivity contribution < 1.29 is 18.1 Å². The van der Waals surface area contributed by atoms with Crippen molar-refractivity contribution in [3.05, 3.63) is 34.7 Å². The molecule has 8 nitrogen and oxygen atoms in total. The Kier molecular flexibility index (Phi) is 28.5. The maximum Gasteiger partial charge on any atom is 0.365 e. The second kappa shape index (κ2) is 31.6. The van der Waals surface area contributed by atoms with Crippen LogP contribution in [0.25, 0.3) is 0 Å². The summed E-state index contributed by atoms with van der Waals surface area (Å²) < 4.78 is 39.5. The molecule has 1 aliphatic rings. The molecule has 0 aromatic heterocycles. The van der Waals surface area contributed by atoms with E-state index in [1.165, 1.54) is 167 Å². The SMILES string of the molecule is CCCCCCCCCCCCCCCCCCC1=C(N(c2cc(C(C)(C)C)c(O)c(C(C)(C)C)c2)S(=O)(=O)O)N(CCCCCCCCCCCCCCCCCC)NN=C1. The highest BCUT2D eigenvalue weighted by molar-refractivity contribution is 7.87. The summed E-state index contributed by atoms with van der Waals surface area (Å²) in [6.45, 7) is 17.2. The summed E-state index contributed by atoms with van der Waals surface area (Å²) >= 11 is 0. The molecule has 0 bridgehead atoms. The van der Waals surface area contributed by atoms with E-state index in [2.05, 4.69) is 24.5 Å². The third-order valence-corrected chi connectivity index (χ3v) is 13.7. The van der Waals surface area contributed by atoms with Crippen molar-refractivity contribution in [1.82, 2.24) is 10.5 Å². The highest BCUT2D eigenvalue weighted by atomic mass is 32.2. The zero-order valence-corrected chi connectivity index (χ0v) is 42.6. The molecule has 0 aliphatic carbocycles. The van der Waals surface area contributed by atoms with Gasteiger partial charge in [-0.1, -0.05) is 248 Å². The second-order valence-electron chi connectivity index (χ2n) is 20.8. The lowest BCUT2D eigenvalue weighted by Gasteiger charge is -2.37. The van der Waals surface area contributed by atoms with E-state index in [1.807, 2.05) is 46.6 Å². The highest BCUT2D eigenvalue weighted by Crippen LogP contribution is 2.43. The van der Waals surface area contributed by atoms with Gasteiger partial charge in [0.25, 0.3) is 0 Å². The van der Waals surface area contributed by atoms with Crippen LogP contribution in [0.2, 0.25) is 0 Å². The number of nitrogens with zero attached hydrogens (tertiary/aromatic N) is 3. The van der Waals surface area contributed by atoms with Crippen molar-refractivity contribution in [3.8, 4) is 5.75 Å². The Morgan fingerprint density at radius 3 is 1.19 bits per heavy atom. The van der Waals surface area contributed by atoms with Gasteiger partial charge in [0.05, 0.1) is 11.9 Å². The van der Waals surface area contributed by atoms with Crippen molar-refractivity contribution in [3.63, 3.8) is 0 Å². The first kappa shape index (κ1) is 55.9. The summed E-state index contributed by atoms with van der Waals surface area (Å²) in [5.41, 5.74) is 4.52. The van der Waals surface area contributed by atoms with E-state index in [1.54, 1.807) is 18.3 Å².